The molecule has 2 fully saturated rings. The van der Waals surface area contributed by atoms with Crippen molar-refractivity contribution in [3.05, 3.63) is 78.8 Å². The molecule has 0 amide bonds. The molecule has 0 radical (unpaired) electrons. The number of benzene rings is 2. The number of halogens is 4. The summed E-state index contributed by atoms with van der Waals surface area (Å²) in [4.78, 5) is 13.2. The minimum absolute atomic E-state index is 0.0910. The van der Waals surface area contributed by atoms with Crippen LogP contribution in [0.4, 0.5) is 0 Å². The quantitative estimate of drug-likeness (QED) is 0.450. The highest BCUT2D eigenvalue weighted by molar-refractivity contribution is 6.36. The third-order valence-electron chi connectivity index (χ3n) is 4.90. The fraction of sp³-hybridized carbons (Fsp3) is 0.227. The fourth-order valence-corrected chi connectivity index (χ4v) is 4.48. The average Bonchev–Trinajstić information content (AvgIpc) is 3.11. The minimum Gasteiger partial charge on any atom is -0.347 e. The lowest BCUT2D eigenvalue weighted by Crippen LogP contribution is -2.38. The van der Waals surface area contributed by atoms with Gasteiger partial charge < -0.3 is 9.47 Å². The Bertz CT molecular complexity index is 961. The Hall–Kier alpha value is -1.33. The second-order valence-electron chi connectivity index (χ2n) is 6.96. The molecule has 1 saturated heterocycles. The molecule has 1 spiro atoms. The van der Waals surface area contributed by atoms with Gasteiger partial charge in [0, 0.05) is 44.1 Å². The monoisotopic (exact) mass is 468 g/mol. The topological polar surface area (TPSA) is 35.5 Å². The predicted molar refractivity (Wildman–Crippen MR) is 118 cm³/mol. The summed E-state index contributed by atoms with van der Waals surface area (Å²) in [7, 11) is 0. The van der Waals surface area contributed by atoms with E-state index in [1.165, 1.54) is 0 Å². The lowest BCUT2D eigenvalue weighted by Gasteiger charge is -2.33. The molecule has 4 rings (SSSR count). The molecular formula is C22H16Cl4O3. The van der Waals surface area contributed by atoms with Crippen LogP contribution in [0.3, 0.4) is 0 Å². The number of hydrogen-bond acceptors (Lipinski definition) is 3. The van der Waals surface area contributed by atoms with Gasteiger partial charge in [0.15, 0.2) is 11.6 Å². The maximum absolute atomic E-state index is 13.2. The Balaban J connectivity index is 1.77. The summed E-state index contributed by atoms with van der Waals surface area (Å²) in [6, 6.07) is 10.3. The van der Waals surface area contributed by atoms with Crippen molar-refractivity contribution in [2.45, 2.75) is 18.6 Å². The number of Topliss-reactive ketones (excluding diaryl/α,β-unsaturated/α-hetero) is 1. The molecule has 150 valence electrons. The molecular weight excluding hydrogens is 454 g/mol. The zero-order chi connectivity index (χ0) is 20.6. The van der Waals surface area contributed by atoms with E-state index in [1.54, 1.807) is 48.6 Å². The van der Waals surface area contributed by atoms with Crippen molar-refractivity contribution >= 4 is 64.3 Å². The minimum atomic E-state index is -0.858. The van der Waals surface area contributed by atoms with E-state index in [9.17, 15) is 4.79 Å². The third kappa shape index (κ3) is 4.56. The first kappa shape index (κ1) is 20.9. The van der Waals surface area contributed by atoms with Crippen LogP contribution in [0, 0.1) is 0 Å². The Kier molecular flexibility index (Phi) is 6.08. The van der Waals surface area contributed by atoms with Crippen molar-refractivity contribution in [1.82, 2.24) is 0 Å². The van der Waals surface area contributed by atoms with E-state index in [-0.39, 0.29) is 5.78 Å². The first-order chi connectivity index (χ1) is 13.8. The number of hydrogen-bond donors (Lipinski definition) is 0. The van der Waals surface area contributed by atoms with Crippen molar-refractivity contribution in [3.8, 4) is 0 Å². The number of carbonyl (C=O) groups is 1. The summed E-state index contributed by atoms with van der Waals surface area (Å²) in [6.07, 6.45) is 4.22. The molecule has 0 bridgehead atoms. The van der Waals surface area contributed by atoms with Gasteiger partial charge >= 0.3 is 0 Å². The Morgan fingerprint density at radius 1 is 0.759 bits per heavy atom. The largest absolute Gasteiger partial charge is 0.347 e. The van der Waals surface area contributed by atoms with Gasteiger partial charge in [0.05, 0.1) is 13.2 Å². The van der Waals surface area contributed by atoms with Gasteiger partial charge in [-0.1, -0.05) is 58.5 Å². The lowest BCUT2D eigenvalue weighted by molar-refractivity contribution is -0.161. The summed E-state index contributed by atoms with van der Waals surface area (Å²) < 4.78 is 11.8. The van der Waals surface area contributed by atoms with Crippen LogP contribution in [0.15, 0.2) is 47.5 Å². The average molecular weight is 470 g/mol. The van der Waals surface area contributed by atoms with E-state index in [1.807, 2.05) is 0 Å². The zero-order valence-corrected chi connectivity index (χ0v) is 18.2. The van der Waals surface area contributed by atoms with Crippen molar-refractivity contribution in [1.29, 1.82) is 0 Å². The maximum Gasteiger partial charge on any atom is 0.185 e. The highest BCUT2D eigenvalue weighted by Crippen LogP contribution is 2.41. The molecule has 2 aromatic rings. The van der Waals surface area contributed by atoms with E-state index in [2.05, 4.69) is 0 Å². The Morgan fingerprint density at radius 2 is 1.21 bits per heavy atom. The SMILES string of the molecule is O=C1/C(=C/c2ccc(Cl)cc2Cl)CC2(C/C1=C\c1ccc(Cl)cc1Cl)OCCO2. The molecule has 2 aromatic carbocycles. The highest BCUT2D eigenvalue weighted by atomic mass is 35.5. The molecule has 0 aromatic heterocycles. The molecule has 3 nitrogen and oxygen atoms in total. The van der Waals surface area contributed by atoms with E-state index >= 15 is 0 Å². The van der Waals surface area contributed by atoms with Gasteiger partial charge in [-0.05, 0) is 47.5 Å². The number of carbonyl (C=O) groups excluding carboxylic acids is 1. The number of ketones is 1. The Labute approximate surface area is 188 Å². The molecule has 0 atom stereocenters. The third-order valence-corrected chi connectivity index (χ3v) is 6.03. The predicted octanol–water partition coefficient (Wildman–Crippen LogP) is 6.87. The van der Waals surface area contributed by atoms with Gasteiger partial charge in [0.1, 0.15) is 0 Å². The summed E-state index contributed by atoms with van der Waals surface area (Å²) in [5, 5.41) is 2.00. The van der Waals surface area contributed by atoms with E-state index < -0.39 is 5.79 Å². The molecule has 1 saturated carbocycles. The van der Waals surface area contributed by atoms with Gasteiger partial charge in [-0.3, -0.25) is 4.79 Å². The fourth-order valence-electron chi connectivity index (χ4n) is 3.56. The van der Waals surface area contributed by atoms with Crippen LogP contribution in [0.5, 0.6) is 0 Å². The van der Waals surface area contributed by atoms with Crippen LogP contribution in [0.1, 0.15) is 24.0 Å². The second kappa shape index (κ2) is 8.43. The summed E-state index contributed by atoms with van der Waals surface area (Å²) in [5.74, 6) is -0.949. The van der Waals surface area contributed by atoms with Crippen LogP contribution in [-0.2, 0) is 14.3 Å². The van der Waals surface area contributed by atoms with Crippen LogP contribution >= 0.6 is 46.4 Å². The van der Waals surface area contributed by atoms with Crippen LogP contribution < -0.4 is 0 Å². The van der Waals surface area contributed by atoms with Crippen molar-refractivity contribution < 1.29 is 14.3 Å². The molecule has 0 N–H and O–H groups in total. The molecule has 1 aliphatic heterocycles. The van der Waals surface area contributed by atoms with Gasteiger partial charge in [-0.25, -0.2) is 0 Å². The lowest BCUT2D eigenvalue weighted by atomic mass is 9.82. The first-order valence-corrected chi connectivity index (χ1v) is 10.5. The van der Waals surface area contributed by atoms with Crippen LogP contribution in [0.2, 0.25) is 20.1 Å². The molecule has 1 heterocycles. The maximum atomic E-state index is 13.2. The van der Waals surface area contributed by atoms with Gasteiger partial charge in [-0.15, -0.1) is 0 Å². The summed E-state index contributed by atoms with van der Waals surface area (Å²) in [5.41, 5.74) is 2.52. The van der Waals surface area contributed by atoms with Gasteiger partial charge in [0.25, 0.3) is 0 Å². The van der Waals surface area contributed by atoms with Crippen LogP contribution in [-0.4, -0.2) is 24.8 Å². The normalized spacial score (nSPS) is 21.4. The standard InChI is InChI=1S/C22H16Cl4O3/c23-17-3-1-13(19(25)9-17)7-15-11-22(28-5-6-29-22)12-16(21(15)27)8-14-2-4-18(24)10-20(14)26/h1-4,7-10H,5-6,11-12H2/b15-7+,16-8+. The highest BCUT2D eigenvalue weighted by Gasteiger charge is 2.44. The summed E-state index contributed by atoms with van der Waals surface area (Å²) in [6.45, 7) is 0.969. The van der Waals surface area contributed by atoms with Gasteiger partial charge in [0.2, 0.25) is 0 Å². The van der Waals surface area contributed by atoms with E-state index in [0.29, 0.717) is 68.4 Å². The number of ether oxygens (including phenoxy) is 2. The Morgan fingerprint density at radius 3 is 1.62 bits per heavy atom. The molecule has 0 unspecified atom stereocenters. The molecule has 7 heteroatoms. The van der Waals surface area contributed by atoms with Gasteiger partial charge in [-0.2, -0.15) is 0 Å². The number of rotatable bonds is 2. The van der Waals surface area contributed by atoms with E-state index in [4.69, 9.17) is 55.9 Å². The zero-order valence-electron chi connectivity index (χ0n) is 15.2. The smallest absolute Gasteiger partial charge is 0.185 e. The van der Waals surface area contributed by atoms with Crippen LogP contribution in [0.25, 0.3) is 12.2 Å². The van der Waals surface area contributed by atoms with Crippen molar-refractivity contribution in [2.24, 2.45) is 0 Å². The molecule has 2 aliphatic rings. The second-order valence-corrected chi connectivity index (χ2v) is 8.65. The van der Waals surface area contributed by atoms with Crippen molar-refractivity contribution in [3.63, 3.8) is 0 Å². The first-order valence-electron chi connectivity index (χ1n) is 8.99. The molecule has 29 heavy (non-hydrogen) atoms. The van der Waals surface area contributed by atoms with E-state index in [0.717, 1.165) is 0 Å². The molecule has 1 aliphatic carbocycles. The summed E-state index contributed by atoms with van der Waals surface area (Å²) >= 11 is 24.6. The van der Waals surface area contributed by atoms with Crippen molar-refractivity contribution in [2.75, 3.05) is 13.2 Å².